The summed E-state index contributed by atoms with van der Waals surface area (Å²) in [7, 11) is 0. The molecule has 0 fully saturated rings. The second kappa shape index (κ2) is 6.63. The molecule has 1 aromatic carbocycles. The molecule has 1 heterocycles. The van der Waals surface area contributed by atoms with Gasteiger partial charge < -0.3 is 0 Å². The fourth-order valence-electron chi connectivity index (χ4n) is 2.00. The van der Waals surface area contributed by atoms with E-state index in [-0.39, 0.29) is 10.0 Å². The van der Waals surface area contributed by atoms with E-state index in [0.717, 1.165) is 6.07 Å². The minimum absolute atomic E-state index is 0.335. The van der Waals surface area contributed by atoms with Gasteiger partial charge in [-0.2, -0.15) is 36.7 Å². The van der Waals surface area contributed by atoms with Gasteiger partial charge in [-0.25, -0.2) is 4.68 Å². The summed E-state index contributed by atoms with van der Waals surface area (Å²) in [5.41, 5.74) is -4.24. The van der Waals surface area contributed by atoms with Crippen LogP contribution < -0.4 is 0 Å². The van der Waals surface area contributed by atoms with E-state index >= 15 is 0 Å². The number of hydrogen-bond acceptors (Lipinski definition) is 3. The first-order chi connectivity index (χ1) is 11.4. The molecule has 12 heteroatoms. The van der Waals surface area contributed by atoms with Crippen LogP contribution in [0.1, 0.15) is 16.8 Å². The molecule has 0 saturated carbocycles. The highest BCUT2D eigenvalue weighted by Gasteiger charge is 2.41. The van der Waals surface area contributed by atoms with Crippen molar-refractivity contribution in [3.05, 3.63) is 39.0 Å². The molecule has 0 bridgehead atoms. The standard InChI is InChI=1S/C13H5Cl2F6N3S/c1-25-11-5(4-22)10(13(19,20)21)23-24(11)9-7(14)3-2-6(8(9)15)12(16,17)18/h2-3H,1H3. The maximum absolute atomic E-state index is 13.1. The molecule has 0 atom stereocenters. The number of alkyl halides is 6. The van der Waals surface area contributed by atoms with E-state index in [1.54, 1.807) is 0 Å². The van der Waals surface area contributed by atoms with Crippen LogP contribution in [-0.4, -0.2) is 16.0 Å². The van der Waals surface area contributed by atoms with Crippen LogP contribution in [-0.2, 0) is 12.4 Å². The molecule has 0 aliphatic rings. The number of aromatic nitrogens is 2. The number of rotatable bonds is 2. The molecule has 0 saturated heterocycles. The van der Waals surface area contributed by atoms with Crippen LogP contribution in [0.25, 0.3) is 5.69 Å². The van der Waals surface area contributed by atoms with Crippen LogP contribution >= 0.6 is 35.0 Å². The van der Waals surface area contributed by atoms with Gasteiger partial charge in [0, 0.05) is 0 Å². The monoisotopic (exact) mass is 419 g/mol. The maximum Gasteiger partial charge on any atom is 0.436 e. The normalized spacial score (nSPS) is 12.3. The van der Waals surface area contributed by atoms with Crippen molar-refractivity contribution in [1.82, 2.24) is 9.78 Å². The second-order valence-electron chi connectivity index (χ2n) is 4.51. The van der Waals surface area contributed by atoms with Crippen LogP contribution in [0.15, 0.2) is 17.2 Å². The van der Waals surface area contributed by atoms with Crippen molar-refractivity contribution in [3.63, 3.8) is 0 Å². The largest absolute Gasteiger partial charge is 0.436 e. The van der Waals surface area contributed by atoms with E-state index in [4.69, 9.17) is 28.5 Å². The lowest BCUT2D eigenvalue weighted by Gasteiger charge is -2.15. The van der Waals surface area contributed by atoms with E-state index in [0.29, 0.717) is 22.5 Å². The average molecular weight is 420 g/mol. The zero-order chi connectivity index (χ0) is 19.2. The summed E-state index contributed by atoms with van der Waals surface area (Å²) in [5, 5.41) is 10.7. The van der Waals surface area contributed by atoms with E-state index < -0.39 is 39.9 Å². The average Bonchev–Trinajstić information content (AvgIpc) is 2.84. The molecular weight excluding hydrogens is 415 g/mol. The van der Waals surface area contributed by atoms with Crippen molar-refractivity contribution >= 4 is 35.0 Å². The zero-order valence-electron chi connectivity index (χ0n) is 11.9. The van der Waals surface area contributed by atoms with E-state index in [1.807, 2.05) is 0 Å². The molecule has 0 aliphatic heterocycles. The van der Waals surface area contributed by atoms with Gasteiger partial charge in [0.2, 0.25) is 0 Å². The lowest BCUT2D eigenvalue weighted by Crippen LogP contribution is -2.11. The molecule has 0 spiro atoms. The molecule has 0 unspecified atom stereocenters. The van der Waals surface area contributed by atoms with Crippen LogP contribution in [0.3, 0.4) is 0 Å². The number of nitrogens with zero attached hydrogens (tertiary/aromatic N) is 3. The third-order valence-corrected chi connectivity index (χ3v) is 4.45. The molecule has 1 aromatic heterocycles. The van der Waals surface area contributed by atoms with Gasteiger partial charge in [0.1, 0.15) is 22.3 Å². The lowest BCUT2D eigenvalue weighted by molar-refractivity contribution is -0.141. The van der Waals surface area contributed by atoms with Gasteiger partial charge in [0.25, 0.3) is 0 Å². The van der Waals surface area contributed by atoms with Gasteiger partial charge in [-0.3, -0.25) is 0 Å². The first kappa shape index (κ1) is 19.8. The van der Waals surface area contributed by atoms with Crippen molar-refractivity contribution in [2.45, 2.75) is 17.4 Å². The number of thioether (sulfide) groups is 1. The van der Waals surface area contributed by atoms with Crippen LogP contribution in [0, 0.1) is 11.3 Å². The van der Waals surface area contributed by atoms with Crippen molar-refractivity contribution < 1.29 is 26.3 Å². The van der Waals surface area contributed by atoms with E-state index in [1.165, 1.54) is 12.3 Å². The highest BCUT2D eigenvalue weighted by atomic mass is 35.5. The Labute approximate surface area is 151 Å². The molecule has 0 radical (unpaired) electrons. The van der Waals surface area contributed by atoms with Gasteiger partial charge in [-0.1, -0.05) is 23.2 Å². The number of nitriles is 1. The Morgan fingerprint density at radius 1 is 1.12 bits per heavy atom. The molecule has 0 N–H and O–H groups in total. The fraction of sp³-hybridized carbons (Fsp3) is 0.231. The van der Waals surface area contributed by atoms with Crippen LogP contribution in [0.2, 0.25) is 10.0 Å². The van der Waals surface area contributed by atoms with Crippen molar-refractivity contribution in [3.8, 4) is 11.8 Å². The Balaban J connectivity index is 2.89. The summed E-state index contributed by atoms with van der Waals surface area (Å²) in [6.07, 6.45) is -8.50. The smallest absolute Gasteiger partial charge is 0.222 e. The summed E-state index contributed by atoms with van der Waals surface area (Å²) in [6, 6.07) is 2.81. The molecule has 3 nitrogen and oxygen atoms in total. The van der Waals surface area contributed by atoms with Gasteiger partial charge in [-0.05, 0) is 18.4 Å². The Morgan fingerprint density at radius 3 is 2.16 bits per heavy atom. The Kier molecular flexibility index (Phi) is 5.23. The van der Waals surface area contributed by atoms with Crippen molar-refractivity contribution in [2.75, 3.05) is 6.26 Å². The third kappa shape index (κ3) is 3.54. The van der Waals surface area contributed by atoms with Crippen LogP contribution in [0.5, 0.6) is 0 Å². The fourth-order valence-corrected chi connectivity index (χ4v) is 3.29. The molecule has 134 valence electrons. The van der Waals surface area contributed by atoms with Gasteiger partial charge in [0.15, 0.2) is 5.69 Å². The highest BCUT2D eigenvalue weighted by Crippen LogP contribution is 2.43. The summed E-state index contributed by atoms with van der Waals surface area (Å²) >= 11 is 12.3. The van der Waals surface area contributed by atoms with E-state index in [2.05, 4.69) is 5.10 Å². The number of halogens is 8. The molecule has 0 aliphatic carbocycles. The first-order valence-corrected chi connectivity index (χ1v) is 8.11. The van der Waals surface area contributed by atoms with Gasteiger partial charge in [-0.15, -0.1) is 11.8 Å². The van der Waals surface area contributed by atoms with E-state index in [9.17, 15) is 26.3 Å². The highest BCUT2D eigenvalue weighted by molar-refractivity contribution is 7.98. The quantitative estimate of drug-likeness (QED) is 0.455. The Morgan fingerprint density at radius 2 is 1.72 bits per heavy atom. The maximum atomic E-state index is 13.1. The zero-order valence-corrected chi connectivity index (χ0v) is 14.3. The molecule has 2 aromatic rings. The van der Waals surface area contributed by atoms with Crippen molar-refractivity contribution in [2.24, 2.45) is 0 Å². The topological polar surface area (TPSA) is 41.6 Å². The Bertz CT molecular complexity index is 867. The minimum atomic E-state index is -4.98. The molecular formula is C13H5Cl2F6N3S. The number of hydrogen-bond donors (Lipinski definition) is 0. The van der Waals surface area contributed by atoms with Gasteiger partial charge in [0.05, 0.1) is 15.6 Å². The SMILES string of the molecule is CSc1c(C#N)c(C(F)(F)F)nn1-c1c(Cl)ccc(C(F)(F)F)c1Cl. The first-order valence-electron chi connectivity index (χ1n) is 6.13. The Hall–Kier alpha value is -1.57. The van der Waals surface area contributed by atoms with Crippen LogP contribution in [0.4, 0.5) is 26.3 Å². The lowest BCUT2D eigenvalue weighted by atomic mass is 10.2. The van der Waals surface area contributed by atoms with Gasteiger partial charge >= 0.3 is 12.4 Å². The second-order valence-corrected chi connectivity index (χ2v) is 6.09. The molecule has 0 amide bonds. The van der Waals surface area contributed by atoms with Crippen molar-refractivity contribution in [1.29, 1.82) is 5.26 Å². The minimum Gasteiger partial charge on any atom is -0.222 e. The summed E-state index contributed by atoms with van der Waals surface area (Å²) in [5.74, 6) is 0. The third-order valence-electron chi connectivity index (χ3n) is 3.00. The summed E-state index contributed by atoms with van der Waals surface area (Å²) in [6.45, 7) is 0. The molecule has 25 heavy (non-hydrogen) atoms. The number of benzene rings is 1. The summed E-state index contributed by atoms with van der Waals surface area (Å²) < 4.78 is 78.7. The molecule has 2 rings (SSSR count). The summed E-state index contributed by atoms with van der Waals surface area (Å²) in [4.78, 5) is 0. The predicted molar refractivity (Wildman–Crippen MR) is 80.1 cm³/mol. The predicted octanol–water partition coefficient (Wildman–Crippen LogP) is 5.81.